The molecule has 0 radical (unpaired) electrons. The molecule has 0 aliphatic rings. The van der Waals surface area contributed by atoms with Gasteiger partial charge in [0.1, 0.15) is 11.4 Å². The molecule has 0 bridgehead atoms. The fraction of sp³-hybridized carbons (Fsp3) is 0.222. The molecule has 0 atom stereocenters. The Kier molecular flexibility index (Phi) is 4.22. The lowest BCUT2D eigenvalue weighted by atomic mass is 9.93. The van der Waals surface area contributed by atoms with Gasteiger partial charge in [-0.25, -0.2) is 4.57 Å². The number of benzene rings is 6. The van der Waals surface area contributed by atoms with Crippen molar-refractivity contribution in [1.82, 2.24) is 4.57 Å². The molecular weight excluding hydrogens is 494 g/mol. The van der Waals surface area contributed by atoms with Gasteiger partial charge in [0.15, 0.2) is 0 Å². The van der Waals surface area contributed by atoms with Gasteiger partial charge in [0.2, 0.25) is 0 Å². The lowest BCUT2D eigenvalue weighted by molar-refractivity contribution is 0.133. The van der Waals surface area contributed by atoms with Gasteiger partial charge in [-0.15, -0.1) is 0 Å². The molecule has 0 amide bonds. The number of rotatable bonds is 2. The molecule has 40 heavy (non-hydrogen) atoms. The van der Waals surface area contributed by atoms with Crippen LogP contribution in [0, 0.1) is 27.7 Å². The summed E-state index contributed by atoms with van der Waals surface area (Å²) in [7, 11) is 0. The predicted molar refractivity (Wildman–Crippen MR) is 167 cm³/mol. The molecular formula is C36H29NO3. The molecule has 0 spiro atoms. The Morgan fingerprint density at radius 1 is 0.575 bits per heavy atom. The zero-order valence-corrected chi connectivity index (χ0v) is 23.8. The van der Waals surface area contributed by atoms with Gasteiger partial charge in [-0.3, -0.25) is 9.59 Å². The topological polar surface area (TPSA) is 48.3 Å². The molecule has 8 rings (SSSR count). The summed E-state index contributed by atoms with van der Waals surface area (Å²) in [6.45, 7) is 14.2. The minimum absolute atomic E-state index is 0.251. The van der Waals surface area contributed by atoms with Gasteiger partial charge in [0, 0.05) is 16.2 Å². The van der Waals surface area contributed by atoms with E-state index in [1.165, 1.54) is 20.7 Å². The number of hydrogen-bond donors (Lipinski definition) is 0. The molecule has 0 aliphatic carbocycles. The highest BCUT2D eigenvalue weighted by Gasteiger charge is 2.30. The van der Waals surface area contributed by atoms with Crippen LogP contribution in [0.5, 0.6) is 5.75 Å². The number of nitrogens with zero attached hydrogens (tertiary/aromatic N) is 1. The van der Waals surface area contributed by atoms with E-state index in [4.69, 9.17) is 4.74 Å². The van der Waals surface area contributed by atoms with Crippen molar-refractivity contribution < 1.29 is 4.74 Å². The average Bonchev–Trinajstić information content (AvgIpc) is 3.38. The predicted octanol–water partition coefficient (Wildman–Crippen LogP) is 8.28. The lowest BCUT2D eigenvalue weighted by Crippen LogP contribution is -2.25. The Labute approximate surface area is 230 Å². The van der Waals surface area contributed by atoms with E-state index in [-0.39, 0.29) is 11.1 Å². The van der Waals surface area contributed by atoms with Crippen molar-refractivity contribution >= 4 is 64.6 Å². The van der Waals surface area contributed by atoms with E-state index >= 15 is 0 Å². The SMILES string of the molecule is Cc1ccc(C)c(-n2c(=O)c3c4cc(C)c5ccc6ccc7c(OC(C)(C)C)cc(c3c2=O)c2c7c6c5c42)c1C. The highest BCUT2D eigenvalue weighted by atomic mass is 16.5. The smallest absolute Gasteiger partial charge is 0.266 e. The first-order valence-electron chi connectivity index (χ1n) is 13.9. The van der Waals surface area contributed by atoms with Crippen LogP contribution in [-0.4, -0.2) is 10.2 Å². The minimum atomic E-state index is -0.437. The third kappa shape index (κ3) is 2.66. The van der Waals surface area contributed by atoms with Crippen LogP contribution >= 0.6 is 0 Å². The molecule has 1 aromatic heterocycles. The van der Waals surface area contributed by atoms with Gasteiger partial charge in [-0.1, -0.05) is 30.3 Å². The maximum Gasteiger partial charge on any atom is 0.266 e. The van der Waals surface area contributed by atoms with E-state index in [1.54, 1.807) is 0 Å². The Morgan fingerprint density at radius 3 is 1.77 bits per heavy atom. The Hall–Kier alpha value is -4.44. The summed E-state index contributed by atoms with van der Waals surface area (Å²) in [4.78, 5) is 29.0. The zero-order chi connectivity index (χ0) is 28.0. The van der Waals surface area contributed by atoms with Gasteiger partial charge in [-0.05, 0) is 127 Å². The first kappa shape index (κ1) is 23.4. The van der Waals surface area contributed by atoms with Crippen LogP contribution in [0.2, 0.25) is 0 Å². The van der Waals surface area contributed by atoms with Crippen molar-refractivity contribution in [2.45, 2.75) is 54.1 Å². The molecule has 0 saturated heterocycles. The van der Waals surface area contributed by atoms with Crippen LogP contribution in [-0.2, 0) is 0 Å². The summed E-state index contributed by atoms with van der Waals surface area (Å²) in [5, 5.41) is 11.6. The molecule has 0 aliphatic heterocycles. The van der Waals surface area contributed by atoms with Gasteiger partial charge >= 0.3 is 0 Å². The molecule has 0 fully saturated rings. The summed E-state index contributed by atoms with van der Waals surface area (Å²) in [5.74, 6) is 0.738. The largest absolute Gasteiger partial charge is 0.487 e. The summed E-state index contributed by atoms with van der Waals surface area (Å²) >= 11 is 0. The second kappa shape index (κ2) is 7.19. The highest BCUT2D eigenvalue weighted by Crippen LogP contribution is 2.52. The normalized spacial score (nSPS) is 13.1. The minimum Gasteiger partial charge on any atom is -0.487 e. The van der Waals surface area contributed by atoms with Gasteiger partial charge < -0.3 is 4.74 Å². The highest BCUT2D eigenvalue weighted by molar-refractivity contribution is 6.48. The molecule has 0 saturated carbocycles. The van der Waals surface area contributed by atoms with Gasteiger partial charge in [0.25, 0.3) is 11.1 Å². The molecule has 7 aromatic carbocycles. The van der Waals surface area contributed by atoms with Crippen LogP contribution in [0.25, 0.3) is 70.3 Å². The molecule has 1 heterocycles. The number of ether oxygens (including phenoxy) is 1. The lowest BCUT2D eigenvalue weighted by Gasteiger charge is -2.23. The summed E-state index contributed by atoms with van der Waals surface area (Å²) < 4.78 is 7.97. The van der Waals surface area contributed by atoms with Crippen LogP contribution in [0.15, 0.2) is 58.1 Å². The maximum absolute atomic E-state index is 14.5. The number of fused-ring (bicyclic) bond motifs is 3. The molecule has 4 heteroatoms. The first-order chi connectivity index (χ1) is 19.0. The fourth-order valence-corrected chi connectivity index (χ4v) is 7.23. The average molecular weight is 524 g/mol. The maximum atomic E-state index is 14.5. The Balaban J connectivity index is 1.72. The van der Waals surface area contributed by atoms with E-state index < -0.39 is 5.60 Å². The van der Waals surface area contributed by atoms with Crippen molar-refractivity contribution in [2.24, 2.45) is 0 Å². The van der Waals surface area contributed by atoms with Crippen molar-refractivity contribution in [3.05, 3.63) is 91.5 Å². The number of aromatic nitrogens is 1. The summed E-state index contributed by atoms with van der Waals surface area (Å²) in [6, 6.07) is 16.8. The van der Waals surface area contributed by atoms with Crippen molar-refractivity contribution in [1.29, 1.82) is 0 Å². The Bertz CT molecular complexity index is 2460. The molecule has 0 N–H and O–H groups in total. The van der Waals surface area contributed by atoms with Crippen LogP contribution in [0.1, 0.15) is 43.0 Å². The first-order valence-corrected chi connectivity index (χ1v) is 13.9. The monoisotopic (exact) mass is 523 g/mol. The zero-order valence-electron chi connectivity index (χ0n) is 23.8. The van der Waals surface area contributed by atoms with Gasteiger partial charge in [-0.2, -0.15) is 0 Å². The van der Waals surface area contributed by atoms with Crippen LogP contribution < -0.4 is 15.9 Å². The second-order valence-corrected chi connectivity index (χ2v) is 12.6. The van der Waals surface area contributed by atoms with E-state index in [9.17, 15) is 9.59 Å². The van der Waals surface area contributed by atoms with Crippen molar-refractivity contribution in [3.63, 3.8) is 0 Å². The van der Waals surface area contributed by atoms with Crippen LogP contribution in [0.4, 0.5) is 0 Å². The fourth-order valence-electron chi connectivity index (χ4n) is 7.23. The summed E-state index contributed by atoms with van der Waals surface area (Å²) in [5.41, 5.74) is 3.75. The van der Waals surface area contributed by atoms with Gasteiger partial charge in [0.05, 0.1) is 16.5 Å². The Morgan fingerprint density at radius 2 is 1.12 bits per heavy atom. The van der Waals surface area contributed by atoms with E-state index in [2.05, 4.69) is 37.3 Å². The van der Waals surface area contributed by atoms with E-state index in [0.717, 1.165) is 65.7 Å². The molecule has 0 unspecified atom stereocenters. The standard InChI is InChI=1S/C36H29NO3/c1-16-8-9-17(2)33(19(16)4)37-34(38)31-23-14-18(3)21-12-10-20-11-13-22-25(40-36(5,6)7)15-24(32(31)35(37)39)30-28(22)26(20)27(21)29(23)30/h8-15H,1-7H3. The molecule has 8 aromatic rings. The van der Waals surface area contributed by atoms with E-state index in [0.29, 0.717) is 16.5 Å². The summed E-state index contributed by atoms with van der Waals surface area (Å²) in [6.07, 6.45) is 0. The number of hydrogen-bond acceptors (Lipinski definition) is 3. The van der Waals surface area contributed by atoms with Crippen LogP contribution in [0.3, 0.4) is 0 Å². The number of aryl methyl sites for hydroxylation is 3. The quantitative estimate of drug-likeness (QED) is 0.214. The van der Waals surface area contributed by atoms with E-state index in [1.807, 2.05) is 59.7 Å². The van der Waals surface area contributed by atoms with Crippen molar-refractivity contribution in [2.75, 3.05) is 0 Å². The third-order valence-electron chi connectivity index (χ3n) is 8.97. The van der Waals surface area contributed by atoms with Crippen molar-refractivity contribution in [3.8, 4) is 11.4 Å². The molecule has 4 nitrogen and oxygen atoms in total. The third-order valence-corrected chi connectivity index (χ3v) is 8.97. The second-order valence-electron chi connectivity index (χ2n) is 12.6. The molecule has 196 valence electrons.